The summed E-state index contributed by atoms with van der Waals surface area (Å²) in [7, 11) is -3.14. The van der Waals surface area contributed by atoms with Crippen LogP contribution in [0, 0.1) is 11.3 Å². The summed E-state index contributed by atoms with van der Waals surface area (Å²) in [6, 6.07) is 13.8. The molecule has 2 heterocycles. The Morgan fingerprint density at radius 1 is 1.19 bits per heavy atom. The van der Waals surface area contributed by atoms with E-state index in [4.69, 9.17) is 16.9 Å². The molecule has 1 aromatic heterocycles. The van der Waals surface area contributed by atoms with Crippen LogP contribution in [-0.2, 0) is 10.0 Å². The van der Waals surface area contributed by atoms with Gasteiger partial charge in [-0.3, -0.25) is 4.98 Å². The van der Waals surface area contributed by atoms with Gasteiger partial charge in [-0.05, 0) is 66.6 Å². The predicted molar refractivity (Wildman–Crippen MR) is 125 cm³/mol. The normalized spacial score (nSPS) is 15.6. The van der Waals surface area contributed by atoms with Gasteiger partial charge >= 0.3 is 0 Å². The number of anilines is 1. The summed E-state index contributed by atoms with van der Waals surface area (Å²) < 4.78 is 25.9. The molecule has 1 aliphatic heterocycles. The van der Waals surface area contributed by atoms with Crippen LogP contribution in [0.5, 0.6) is 0 Å². The van der Waals surface area contributed by atoms with Crippen molar-refractivity contribution in [2.45, 2.75) is 25.8 Å². The van der Waals surface area contributed by atoms with E-state index in [1.807, 2.05) is 18.3 Å². The van der Waals surface area contributed by atoms with E-state index in [1.54, 1.807) is 29.6 Å². The molecule has 3 aromatic rings. The molecule has 0 unspecified atom stereocenters. The molecule has 0 saturated carbocycles. The van der Waals surface area contributed by atoms with Gasteiger partial charge in [-0.25, -0.2) is 12.7 Å². The Kier molecular flexibility index (Phi) is 6.15. The summed E-state index contributed by atoms with van der Waals surface area (Å²) in [5.41, 5.74) is 3.31. The minimum atomic E-state index is -3.14. The van der Waals surface area contributed by atoms with E-state index >= 15 is 0 Å². The third-order valence-corrected chi connectivity index (χ3v) is 7.94. The number of fused-ring (bicyclic) bond motifs is 1. The molecular weight excluding hydrogens is 432 g/mol. The lowest BCUT2D eigenvalue weighted by molar-refractivity contribution is 0.330. The first-order valence-electron chi connectivity index (χ1n) is 10.2. The Bertz CT molecular complexity index is 1260. The molecular formula is C23H23ClN4O2S. The summed E-state index contributed by atoms with van der Waals surface area (Å²) in [5, 5.41) is 15.2. The first-order chi connectivity index (χ1) is 14.9. The first kappa shape index (κ1) is 21.6. The van der Waals surface area contributed by atoms with E-state index in [2.05, 4.69) is 28.5 Å². The molecule has 8 heteroatoms. The zero-order valence-corrected chi connectivity index (χ0v) is 18.7. The highest BCUT2D eigenvalue weighted by molar-refractivity contribution is 7.89. The number of rotatable bonds is 5. The van der Waals surface area contributed by atoms with Crippen LogP contribution in [0.3, 0.4) is 0 Å². The van der Waals surface area contributed by atoms with Crippen molar-refractivity contribution in [1.29, 1.82) is 5.26 Å². The van der Waals surface area contributed by atoms with Gasteiger partial charge in [0.05, 0.1) is 16.3 Å². The van der Waals surface area contributed by atoms with E-state index in [0.29, 0.717) is 23.7 Å². The van der Waals surface area contributed by atoms with Gasteiger partial charge in [0.2, 0.25) is 10.0 Å². The Balaban J connectivity index is 1.64. The molecule has 1 N–H and O–H groups in total. The molecule has 0 aliphatic carbocycles. The number of piperidine rings is 1. The number of nitrogens with one attached hydrogen (secondary N) is 1. The standard InChI is InChI=1S/C23H23ClN4O2S/c1-2-31(29,30)28-9-6-20(7-10-28)27-23-13-19(11-17-5-8-26-15-21(17)23)16-3-4-18(14-25)22(24)12-16/h3-5,8,11-13,15,20,27H,2,6-7,9-10H2,1H3. The van der Waals surface area contributed by atoms with Crippen LogP contribution < -0.4 is 5.32 Å². The number of sulfonamides is 1. The van der Waals surface area contributed by atoms with Gasteiger partial charge in [0.1, 0.15) is 6.07 Å². The number of nitriles is 1. The van der Waals surface area contributed by atoms with E-state index in [9.17, 15) is 8.42 Å². The molecule has 6 nitrogen and oxygen atoms in total. The molecule has 0 radical (unpaired) electrons. The van der Waals surface area contributed by atoms with E-state index < -0.39 is 10.0 Å². The molecule has 1 fully saturated rings. The Hall–Kier alpha value is -2.66. The van der Waals surface area contributed by atoms with Crippen molar-refractivity contribution in [1.82, 2.24) is 9.29 Å². The number of halogens is 1. The van der Waals surface area contributed by atoms with Gasteiger partial charge in [0, 0.05) is 42.6 Å². The van der Waals surface area contributed by atoms with Crippen LogP contribution in [-0.4, -0.2) is 42.6 Å². The zero-order valence-electron chi connectivity index (χ0n) is 17.2. The van der Waals surface area contributed by atoms with Gasteiger partial charge < -0.3 is 5.32 Å². The zero-order chi connectivity index (χ0) is 22.0. The average molecular weight is 455 g/mol. The number of hydrogen-bond donors (Lipinski definition) is 1. The van der Waals surface area contributed by atoms with Crippen molar-refractivity contribution in [2.24, 2.45) is 0 Å². The molecule has 1 saturated heterocycles. The van der Waals surface area contributed by atoms with Gasteiger partial charge in [-0.1, -0.05) is 17.7 Å². The maximum absolute atomic E-state index is 12.1. The van der Waals surface area contributed by atoms with Gasteiger partial charge in [-0.15, -0.1) is 0 Å². The highest BCUT2D eigenvalue weighted by Crippen LogP contribution is 2.33. The van der Waals surface area contributed by atoms with Crippen LogP contribution in [0.2, 0.25) is 5.02 Å². The van der Waals surface area contributed by atoms with Crippen molar-refractivity contribution in [2.75, 3.05) is 24.2 Å². The van der Waals surface area contributed by atoms with E-state index in [0.717, 1.165) is 40.4 Å². The monoisotopic (exact) mass is 454 g/mol. The van der Waals surface area contributed by atoms with Crippen LogP contribution >= 0.6 is 11.6 Å². The second-order valence-electron chi connectivity index (χ2n) is 7.65. The summed E-state index contributed by atoms with van der Waals surface area (Å²) in [6.45, 7) is 2.73. The Morgan fingerprint density at radius 2 is 1.97 bits per heavy atom. The fourth-order valence-corrected chi connectivity index (χ4v) is 5.31. The predicted octanol–water partition coefficient (Wildman–Crippen LogP) is 4.65. The van der Waals surface area contributed by atoms with Gasteiger partial charge in [-0.2, -0.15) is 5.26 Å². The fourth-order valence-electron chi connectivity index (χ4n) is 3.95. The SMILES string of the molecule is CCS(=O)(=O)N1CCC(Nc2cc(-c3ccc(C#N)c(Cl)c3)cc3ccncc23)CC1. The fraction of sp³-hybridized carbons (Fsp3) is 0.304. The molecule has 2 aromatic carbocycles. The minimum absolute atomic E-state index is 0.136. The lowest BCUT2D eigenvalue weighted by Gasteiger charge is -2.32. The Morgan fingerprint density at radius 3 is 2.65 bits per heavy atom. The first-order valence-corrected chi connectivity index (χ1v) is 12.2. The third kappa shape index (κ3) is 4.52. The summed E-state index contributed by atoms with van der Waals surface area (Å²) in [4.78, 5) is 4.28. The number of aromatic nitrogens is 1. The van der Waals surface area contributed by atoms with E-state index in [-0.39, 0.29) is 11.8 Å². The molecule has 0 bridgehead atoms. The maximum atomic E-state index is 12.1. The molecule has 31 heavy (non-hydrogen) atoms. The molecule has 0 amide bonds. The summed E-state index contributed by atoms with van der Waals surface area (Å²) in [5.74, 6) is 0.136. The van der Waals surface area contributed by atoms with E-state index in [1.165, 1.54) is 0 Å². The lowest BCUT2D eigenvalue weighted by atomic mass is 9.98. The third-order valence-electron chi connectivity index (χ3n) is 5.75. The minimum Gasteiger partial charge on any atom is -0.382 e. The van der Waals surface area contributed by atoms with Crippen molar-refractivity contribution in [3.05, 3.63) is 59.4 Å². The van der Waals surface area contributed by atoms with Crippen LogP contribution in [0.1, 0.15) is 25.3 Å². The van der Waals surface area contributed by atoms with Crippen molar-refractivity contribution < 1.29 is 8.42 Å². The largest absolute Gasteiger partial charge is 0.382 e. The number of hydrogen-bond acceptors (Lipinski definition) is 5. The smallest absolute Gasteiger partial charge is 0.213 e. The Labute approximate surface area is 187 Å². The molecule has 0 spiro atoms. The quantitative estimate of drug-likeness (QED) is 0.606. The summed E-state index contributed by atoms with van der Waals surface area (Å²) in [6.07, 6.45) is 5.08. The van der Waals surface area contributed by atoms with Gasteiger partial charge in [0.15, 0.2) is 0 Å². The topological polar surface area (TPSA) is 86.1 Å². The molecule has 160 valence electrons. The van der Waals surface area contributed by atoms with Crippen LogP contribution in [0.25, 0.3) is 21.9 Å². The highest BCUT2D eigenvalue weighted by atomic mass is 35.5. The lowest BCUT2D eigenvalue weighted by Crippen LogP contribution is -2.42. The van der Waals surface area contributed by atoms with Gasteiger partial charge in [0.25, 0.3) is 0 Å². The number of pyridine rings is 1. The molecule has 1 aliphatic rings. The summed E-state index contributed by atoms with van der Waals surface area (Å²) >= 11 is 6.25. The molecule has 0 atom stereocenters. The highest BCUT2D eigenvalue weighted by Gasteiger charge is 2.27. The number of benzene rings is 2. The van der Waals surface area contributed by atoms with Crippen molar-refractivity contribution in [3.8, 4) is 17.2 Å². The van der Waals surface area contributed by atoms with Crippen LogP contribution in [0.4, 0.5) is 5.69 Å². The maximum Gasteiger partial charge on any atom is 0.213 e. The van der Waals surface area contributed by atoms with Crippen LogP contribution in [0.15, 0.2) is 48.8 Å². The van der Waals surface area contributed by atoms with Crippen molar-refractivity contribution >= 4 is 38.1 Å². The average Bonchev–Trinajstić information content (AvgIpc) is 2.79. The number of nitrogens with zero attached hydrogens (tertiary/aromatic N) is 3. The van der Waals surface area contributed by atoms with Crippen molar-refractivity contribution in [3.63, 3.8) is 0 Å². The molecule has 4 rings (SSSR count). The second-order valence-corrected chi connectivity index (χ2v) is 10.3. The second kappa shape index (κ2) is 8.83.